The summed E-state index contributed by atoms with van der Waals surface area (Å²) in [5.41, 5.74) is 4.89. The van der Waals surface area contributed by atoms with E-state index in [1.807, 2.05) is 27.7 Å². The van der Waals surface area contributed by atoms with Crippen LogP contribution in [-0.2, 0) is 14.8 Å². The second-order valence-corrected chi connectivity index (χ2v) is 10.6. The van der Waals surface area contributed by atoms with Gasteiger partial charge in [-0.1, -0.05) is 23.7 Å². The first-order valence-electron chi connectivity index (χ1n) is 11.5. The van der Waals surface area contributed by atoms with Crippen molar-refractivity contribution >= 4 is 33.2 Å². The van der Waals surface area contributed by atoms with Gasteiger partial charge in [0, 0.05) is 5.69 Å². The van der Waals surface area contributed by atoms with Crippen LogP contribution in [0.25, 0.3) is 0 Å². The highest BCUT2D eigenvalue weighted by Gasteiger charge is 2.18. The minimum absolute atomic E-state index is 0.0305. The summed E-state index contributed by atoms with van der Waals surface area (Å²) < 4.78 is 39.0. The fraction of sp³-hybridized carbons (Fsp3) is 0.296. The zero-order valence-corrected chi connectivity index (χ0v) is 22.6. The van der Waals surface area contributed by atoms with E-state index in [1.165, 1.54) is 23.8 Å². The molecule has 192 valence electrons. The van der Waals surface area contributed by atoms with Gasteiger partial charge in [-0.05, 0) is 99.3 Å². The number of carbonyl (C=O) groups excluding carboxylic acids is 1. The number of rotatable bonds is 10. The Morgan fingerprint density at radius 2 is 1.61 bits per heavy atom. The lowest BCUT2D eigenvalue weighted by molar-refractivity contribution is -0.123. The van der Waals surface area contributed by atoms with E-state index in [0.29, 0.717) is 18.0 Å². The third-order valence-electron chi connectivity index (χ3n) is 5.72. The van der Waals surface area contributed by atoms with Crippen LogP contribution in [0, 0.1) is 20.8 Å². The molecule has 1 atom stereocenters. The highest BCUT2D eigenvalue weighted by molar-refractivity contribution is 7.92. The topological polar surface area (TPSA) is 93.7 Å². The van der Waals surface area contributed by atoms with E-state index in [4.69, 9.17) is 21.1 Å². The van der Waals surface area contributed by atoms with Crippen LogP contribution in [0.2, 0.25) is 5.02 Å². The Bertz CT molecular complexity index is 1340. The van der Waals surface area contributed by atoms with Gasteiger partial charge >= 0.3 is 0 Å². The number of sulfonamides is 1. The SMILES string of the molecule is CCOc1ccc(NS(=O)(=O)c2ccc(OCC(=O)N[C@@H](C)c3cc(C)c(C)cc3C)c(Cl)c2)cc1. The fourth-order valence-corrected chi connectivity index (χ4v) is 5.10. The van der Waals surface area contributed by atoms with Crippen LogP contribution in [0.5, 0.6) is 11.5 Å². The van der Waals surface area contributed by atoms with E-state index < -0.39 is 10.0 Å². The largest absolute Gasteiger partial charge is 0.494 e. The molecule has 7 nitrogen and oxygen atoms in total. The first kappa shape index (κ1) is 27.4. The van der Waals surface area contributed by atoms with Gasteiger partial charge in [-0.3, -0.25) is 9.52 Å². The molecule has 0 heterocycles. The van der Waals surface area contributed by atoms with Gasteiger partial charge in [-0.25, -0.2) is 8.42 Å². The smallest absolute Gasteiger partial charge is 0.261 e. The third-order valence-corrected chi connectivity index (χ3v) is 7.39. The van der Waals surface area contributed by atoms with Gasteiger partial charge in [-0.2, -0.15) is 0 Å². The van der Waals surface area contributed by atoms with Crippen molar-refractivity contribution in [2.75, 3.05) is 17.9 Å². The molecule has 9 heteroatoms. The molecule has 0 saturated carbocycles. The molecule has 0 aliphatic rings. The standard InChI is InChI=1S/C27H31ClN2O5S/c1-6-34-22-9-7-21(8-10-22)30-36(32,33)23-11-12-26(25(28)15-23)35-16-27(31)29-20(5)24-14-18(3)17(2)13-19(24)4/h7-15,20,30H,6,16H2,1-5H3,(H,29,31)/t20-/m0/s1. The molecular formula is C27H31ClN2O5S. The first-order chi connectivity index (χ1) is 17.0. The number of halogens is 1. The van der Waals surface area contributed by atoms with Gasteiger partial charge in [0.2, 0.25) is 0 Å². The lowest BCUT2D eigenvalue weighted by Gasteiger charge is -2.19. The molecule has 2 N–H and O–H groups in total. The average Bonchev–Trinajstić information content (AvgIpc) is 2.81. The third kappa shape index (κ3) is 6.92. The van der Waals surface area contributed by atoms with Crippen molar-refractivity contribution in [3.63, 3.8) is 0 Å². The molecule has 3 rings (SSSR count). The van der Waals surface area contributed by atoms with Crippen molar-refractivity contribution in [1.29, 1.82) is 0 Å². The van der Waals surface area contributed by atoms with E-state index in [-0.39, 0.29) is 34.2 Å². The van der Waals surface area contributed by atoms with Gasteiger partial charge in [0.1, 0.15) is 11.5 Å². The summed E-state index contributed by atoms with van der Waals surface area (Å²) in [4.78, 5) is 12.4. The molecule has 0 fully saturated rings. The van der Waals surface area contributed by atoms with Gasteiger partial charge < -0.3 is 14.8 Å². The van der Waals surface area contributed by atoms with Crippen LogP contribution in [0.4, 0.5) is 5.69 Å². The normalized spacial score (nSPS) is 12.1. The molecule has 36 heavy (non-hydrogen) atoms. The fourth-order valence-electron chi connectivity index (χ4n) is 3.72. The average molecular weight is 531 g/mol. The predicted molar refractivity (Wildman–Crippen MR) is 143 cm³/mol. The van der Waals surface area contributed by atoms with Crippen molar-refractivity contribution < 1.29 is 22.7 Å². The summed E-state index contributed by atoms with van der Waals surface area (Å²) in [6.07, 6.45) is 0. The Morgan fingerprint density at radius 1 is 0.944 bits per heavy atom. The number of hydrogen-bond acceptors (Lipinski definition) is 5. The zero-order valence-electron chi connectivity index (χ0n) is 21.0. The van der Waals surface area contributed by atoms with E-state index in [9.17, 15) is 13.2 Å². The second-order valence-electron chi connectivity index (χ2n) is 8.53. The molecule has 1 amide bonds. The van der Waals surface area contributed by atoms with Crippen LogP contribution < -0.4 is 19.5 Å². The van der Waals surface area contributed by atoms with Crippen LogP contribution >= 0.6 is 11.6 Å². The lowest BCUT2D eigenvalue weighted by atomic mass is 9.96. The number of amides is 1. The van der Waals surface area contributed by atoms with Crippen molar-refractivity contribution in [1.82, 2.24) is 5.32 Å². The maximum Gasteiger partial charge on any atom is 0.261 e. The summed E-state index contributed by atoms with van der Waals surface area (Å²) in [6.45, 7) is 10.2. The summed E-state index contributed by atoms with van der Waals surface area (Å²) in [6, 6.07) is 14.6. The number of ether oxygens (including phenoxy) is 2. The summed E-state index contributed by atoms with van der Waals surface area (Å²) >= 11 is 6.27. The molecule has 0 saturated heterocycles. The summed E-state index contributed by atoms with van der Waals surface area (Å²) in [7, 11) is -3.88. The van der Waals surface area contributed by atoms with E-state index in [0.717, 1.165) is 16.7 Å². The molecule has 0 aliphatic carbocycles. The minimum Gasteiger partial charge on any atom is -0.494 e. The van der Waals surface area contributed by atoms with Crippen molar-refractivity contribution in [2.45, 2.75) is 45.6 Å². The first-order valence-corrected chi connectivity index (χ1v) is 13.4. The number of anilines is 1. The second kappa shape index (κ2) is 11.7. The van der Waals surface area contributed by atoms with E-state index >= 15 is 0 Å². The number of nitrogens with one attached hydrogen (secondary N) is 2. The van der Waals surface area contributed by atoms with Gasteiger partial charge in [0.15, 0.2) is 6.61 Å². The maximum absolute atomic E-state index is 12.8. The predicted octanol–water partition coefficient (Wildman–Crippen LogP) is 5.72. The number of benzene rings is 3. The lowest BCUT2D eigenvalue weighted by Crippen LogP contribution is -2.31. The Morgan fingerprint density at radius 3 is 2.25 bits per heavy atom. The highest BCUT2D eigenvalue weighted by Crippen LogP contribution is 2.29. The van der Waals surface area contributed by atoms with Gasteiger partial charge in [0.05, 0.1) is 22.6 Å². The summed E-state index contributed by atoms with van der Waals surface area (Å²) in [5, 5.41) is 3.01. The molecule has 0 unspecified atom stereocenters. The molecule has 3 aromatic rings. The van der Waals surface area contributed by atoms with Crippen LogP contribution in [0.1, 0.15) is 42.1 Å². The monoisotopic (exact) mass is 530 g/mol. The molecule has 0 bridgehead atoms. The van der Waals surface area contributed by atoms with Crippen molar-refractivity contribution in [3.05, 3.63) is 81.9 Å². The van der Waals surface area contributed by atoms with Crippen molar-refractivity contribution in [3.8, 4) is 11.5 Å². The van der Waals surface area contributed by atoms with Crippen LogP contribution in [0.3, 0.4) is 0 Å². The van der Waals surface area contributed by atoms with Gasteiger partial charge in [0.25, 0.3) is 15.9 Å². The van der Waals surface area contributed by atoms with Crippen molar-refractivity contribution in [2.24, 2.45) is 0 Å². The molecule has 0 radical (unpaired) electrons. The Balaban J connectivity index is 1.61. The van der Waals surface area contributed by atoms with E-state index in [2.05, 4.69) is 29.1 Å². The Kier molecular flexibility index (Phi) is 8.87. The number of hydrogen-bond donors (Lipinski definition) is 2. The minimum atomic E-state index is -3.88. The number of aryl methyl sites for hydroxylation is 3. The quantitative estimate of drug-likeness (QED) is 0.349. The molecule has 0 aliphatic heterocycles. The van der Waals surface area contributed by atoms with Crippen LogP contribution in [0.15, 0.2) is 59.5 Å². The summed E-state index contributed by atoms with van der Waals surface area (Å²) in [5.74, 6) is 0.541. The Labute approximate surface area is 217 Å². The van der Waals surface area contributed by atoms with Crippen LogP contribution in [-0.4, -0.2) is 27.5 Å². The van der Waals surface area contributed by atoms with E-state index in [1.54, 1.807) is 24.3 Å². The zero-order chi connectivity index (χ0) is 26.5. The maximum atomic E-state index is 12.8. The number of carbonyl (C=O) groups is 1. The molecule has 3 aromatic carbocycles. The highest BCUT2D eigenvalue weighted by atomic mass is 35.5. The molecule has 0 spiro atoms. The Hall–Kier alpha value is -3.23. The molecular weight excluding hydrogens is 500 g/mol. The van der Waals surface area contributed by atoms with Gasteiger partial charge in [-0.15, -0.1) is 0 Å². The molecule has 0 aromatic heterocycles.